The molecule has 0 aromatic heterocycles. The molecule has 0 unspecified atom stereocenters. The van der Waals surface area contributed by atoms with Crippen LogP contribution >= 0.6 is 0 Å². The Morgan fingerprint density at radius 3 is 1.72 bits per heavy atom. The summed E-state index contributed by atoms with van der Waals surface area (Å²) >= 11 is 0. The zero-order valence-electron chi connectivity index (χ0n) is 12.2. The number of amides is 1. The van der Waals surface area contributed by atoms with E-state index in [-0.39, 0.29) is 5.29 Å². The molecule has 2 atom stereocenters. The van der Waals surface area contributed by atoms with E-state index in [2.05, 4.69) is 44.6 Å². The summed E-state index contributed by atoms with van der Waals surface area (Å²) in [5.74, 6) is -0.591. The summed E-state index contributed by atoms with van der Waals surface area (Å²) in [6.07, 6.45) is -2.99. The number of carbonyl (C=O) groups is 1. The maximum Gasteiger partial charge on any atom is 0.251 e. The molecular formula is C11H27NO4Si2. The van der Waals surface area contributed by atoms with Gasteiger partial charge in [0.1, 0.15) is 6.10 Å². The largest absolute Gasteiger partial charge is 0.394 e. The molecule has 7 heteroatoms. The zero-order valence-corrected chi connectivity index (χ0v) is 14.2. The first-order valence-electron chi connectivity index (χ1n) is 6.18. The molecular weight excluding hydrogens is 266 g/mol. The lowest BCUT2D eigenvalue weighted by molar-refractivity contribution is -0.136. The third kappa shape index (κ3) is 5.19. The second-order valence-corrected chi connectivity index (χ2v) is 18.1. The summed E-state index contributed by atoms with van der Waals surface area (Å²) in [7, 11) is -3.20. The van der Waals surface area contributed by atoms with Crippen molar-refractivity contribution >= 4 is 22.1 Å². The highest BCUT2D eigenvalue weighted by Crippen LogP contribution is 2.19. The zero-order chi connectivity index (χ0) is 14.7. The molecule has 0 saturated carbocycles. The quantitative estimate of drug-likeness (QED) is 0.517. The minimum Gasteiger partial charge on any atom is -0.394 e. The average Bonchev–Trinajstić information content (AvgIpc) is 2.19. The van der Waals surface area contributed by atoms with Crippen LogP contribution in [0, 0.1) is 0 Å². The highest BCUT2D eigenvalue weighted by Gasteiger charge is 2.40. The number of nitrogens with one attached hydrogen (secondary N) is 1. The van der Waals surface area contributed by atoms with Gasteiger partial charge in [-0.3, -0.25) is 4.79 Å². The van der Waals surface area contributed by atoms with Crippen molar-refractivity contribution in [1.29, 1.82) is 0 Å². The first-order valence-corrected chi connectivity index (χ1v) is 13.3. The summed E-state index contributed by atoms with van der Waals surface area (Å²) < 4.78 is 0. The van der Waals surface area contributed by atoms with E-state index in [4.69, 9.17) is 5.11 Å². The van der Waals surface area contributed by atoms with Crippen LogP contribution in [0.4, 0.5) is 0 Å². The Hall–Kier alpha value is -0.216. The SMILES string of the molecule is C[Si](C)(C)C(NC(=O)[C@H](O)[C@H](O)CO)[Si](C)(C)C. The average molecular weight is 294 g/mol. The molecule has 0 heterocycles. The summed E-state index contributed by atoms with van der Waals surface area (Å²) in [4.78, 5) is 11.9. The van der Waals surface area contributed by atoms with Gasteiger partial charge in [0, 0.05) is 5.29 Å². The molecule has 0 aliphatic heterocycles. The van der Waals surface area contributed by atoms with Crippen molar-refractivity contribution in [3.63, 3.8) is 0 Å². The lowest BCUT2D eigenvalue weighted by atomic mass is 10.2. The molecule has 1 amide bonds. The van der Waals surface area contributed by atoms with Gasteiger partial charge in [-0.2, -0.15) is 0 Å². The molecule has 0 fully saturated rings. The van der Waals surface area contributed by atoms with Gasteiger partial charge in [-0.25, -0.2) is 0 Å². The van der Waals surface area contributed by atoms with Crippen LogP contribution in [0.15, 0.2) is 0 Å². The third-order valence-corrected chi connectivity index (χ3v) is 11.8. The van der Waals surface area contributed by atoms with Crippen LogP contribution < -0.4 is 5.32 Å². The Labute approximate surface area is 111 Å². The number of aliphatic hydroxyl groups is 3. The monoisotopic (exact) mass is 293 g/mol. The number of aliphatic hydroxyl groups excluding tert-OH is 3. The van der Waals surface area contributed by atoms with Gasteiger partial charge in [-0.1, -0.05) is 39.3 Å². The molecule has 0 rings (SSSR count). The fourth-order valence-electron chi connectivity index (χ4n) is 2.23. The molecule has 5 nitrogen and oxygen atoms in total. The Morgan fingerprint density at radius 1 is 1.06 bits per heavy atom. The Kier molecular flexibility index (Phi) is 6.21. The Bertz CT molecular complexity index is 272. The minimum absolute atomic E-state index is 0.109. The van der Waals surface area contributed by atoms with Crippen molar-refractivity contribution in [2.75, 3.05) is 6.61 Å². The van der Waals surface area contributed by atoms with Crippen LogP contribution in [0.25, 0.3) is 0 Å². The maximum atomic E-state index is 11.9. The van der Waals surface area contributed by atoms with Gasteiger partial charge in [0.15, 0.2) is 6.10 Å². The van der Waals surface area contributed by atoms with Gasteiger partial charge in [0.2, 0.25) is 0 Å². The summed E-state index contributed by atoms with van der Waals surface area (Å²) in [5.41, 5.74) is 0. The normalized spacial score (nSPS) is 16.6. The van der Waals surface area contributed by atoms with E-state index in [0.717, 1.165) is 0 Å². The number of hydrogen-bond acceptors (Lipinski definition) is 4. The van der Waals surface area contributed by atoms with Crippen LogP contribution in [0.5, 0.6) is 0 Å². The molecule has 0 bridgehead atoms. The number of rotatable bonds is 6. The first-order chi connectivity index (χ1) is 7.91. The standard InChI is InChI=1S/C11H27NO4Si2/c1-17(2,3)11(18(4,5)6)12-10(16)9(15)8(14)7-13/h8-9,11,13-15H,7H2,1-6H3,(H,12,16)/t8-,9-/m1/s1. The number of hydrogen-bond donors (Lipinski definition) is 4. The molecule has 108 valence electrons. The van der Waals surface area contributed by atoms with Crippen LogP contribution in [0.1, 0.15) is 0 Å². The summed E-state index contributed by atoms with van der Waals surface area (Å²) in [6.45, 7) is 12.4. The lowest BCUT2D eigenvalue weighted by Gasteiger charge is -2.39. The third-order valence-electron chi connectivity index (χ3n) is 2.84. The minimum atomic E-state index is -1.60. The van der Waals surface area contributed by atoms with Crippen molar-refractivity contribution in [3.8, 4) is 0 Å². The van der Waals surface area contributed by atoms with Gasteiger partial charge < -0.3 is 20.6 Å². The van der Waals surface area contributed by atoms with Gasteiger partial charge in [-0.15, -0.1) is 0 Å². The van der Waals surface area contributed by atoms with E-state index in [0.29, 0.717) is 0 Å². The predicted octanol–water partition coefficient (Wildman–Crippen LogP) is -0.0599. The first kappa shape index (κ1) is 17.8. The smallest absolute Gasteiger partial charge is 0.251 e. The van der Waals surface area contributed by atoms with Crippen molar-refractivity contribution in [2.24, 2.45) is 0 Å². The fraction of sp³-hybridized carbons (Fsp3) is 0.909. The molecule has 0 saturated heterocycles. The molecule has 0 spiro atoms. The van der Waals surface area contributed by atoms with Crippen LogP contribution in [0.2, 0.25) is 39.3 Å². The van der Waals surface area contributed by atoms with E-state index in [9.17, 15) is 15.0 Å². The highest BCUT2D eigenvalue weighted by atomic mass is 28.4. The molecule has 0 radical (unpaired) electrons. The molecule has 18 heavy (non-hydrogen) atoms. The van der Waals surface area contributed by atoms with E-state index in [1.54, 1.807) is 0 Å². The van der Waals surface area contributed by atoms with E-state index < -0.39 is 40.9 Å². The van der Waals surface area contributed by atoms with Gasteiger partial charge in [0.05, 0.1) is 22.8 Å². The van der Waals surface area contributed by atoms with Crippen LogP contribution in [-0.4, -0.2) is 61.5 Å². The molecule has 0 aliphatic carbocycles. The van der Waals surface area contributed by atoms with E-state index in [1.165, 1.54) is 0 Å². The van der Waals surface area contributed by atoms with Crippen molar-refractivity contribution < 1.29 is 20.1 Å². The predicted molar refractivity (Wildman–Crippen MR) is 77.7 cm³/mol. The Balaban J connectivity index is 4.87. The van der Waals surface area contributed by atoms with Crippen molar-refractivity contribution in [2.45, 2.75) is 56.8 Å². The lowest BCUT2D eigenvalue weighted by Crippen LogP contribution is -2.65. The summed E-state index contributed by atoms with van der Waals surface area (Å²) in [5, 5.41) is 30.6. The second kappa shape index (κ2) is 6.29. The molecule has 0 aliphatic rings. The highest BCUT2D eigenvalue weighted by molar-refractivity contribution is 6.96. The topological polar surface area (TPSA) is 89.8 Å². The molecule has 0 aromatic carbocycles. The van der Waals surface area contributed by atoms with E-state index in [1.807, 2.05) is 0 Å². The number of carbonyl (C=O) groups excluding carboxylic acids is 1. The van der Waals surface area contributed by atoms with Crippen molar-refractivity contribution in [1.82, 2.24) is 5.32 Å². The van der Waals surface area contributed by atoms with E-state index >= 15 is 0 Å². The van der Waals surface area contributed by atoms with Crippen LogP contribution in [0.3, 0.4) is 0 Å². The van der Waals surface area contributed by atoms with Gasteiger partial charge in [-0.05, 0) is 0 Å². The Morgan fingerprint density at radius 2 is 1.44 bits per heavy atom. The fourth-order valence-corrected chi connectivity index (χ4v) is 13.8. The molecule has 4 N–H and O–H groups in total. The van der Waals surface area contributed by atoms with Gasteiger partial charge in [0.25, 0.3) is 5.91 Å². The summed E-state index contributed by atoms with van der Waals surface area (Å²) in [6, 6.07) is 0. The molecule has 0 aromatic rings. The van der Waals surface area contributed by atoms with Crippen molar-refractivity contribution in [3.05, 3.63) is 0 Å². The van der Waals surface area contributed by atoms with Gasteiger partial charge >= 0.3 is 0 Å². The maximum absolute atomic E-state index is 11.9. The second-order valence-electron chi connectivity index (χ2n) is 6.87. The van der Waals surface area contributed by atoms with Crippen LogP contribution in [-0.2, 0) is 4.79 Å².